The molecule has 3 aliphatic rings. The lowest BCUT2D eigenvalue weighted by atomic mass is 10.2. The Labute approximate surface area is 207 Å². The number of aldehydes is 1. The molecule has 1 fully saturated rings. The zero-order chi connectivity index (χ0) is 25.2. The number of amides is 2. The summed E-state index contributed by atoms with van der Waals surface area (Å²) in [5.74, 6) is 0. The highest BCUT2D eigenvalue weighted by Crippen LogP contribution is 2.35. The summed E-state index contributed by atoms with van der Waals surface area (Å²) in [4.78, 5) is 34.4. The van der Waals surface area contributed by atoms with Crippen molar-refractivity contribution in [2.45, 2.75) is 38.6 Å². The zero-order valence-electron chi connectivity index (χ0n) is 20.5. The van der Waals surface area contributed by atoms with Crippen molar-refractivity contribution in [2.24, 2.45) is 0 Å². The first-order valence-corrected chi connectivity index (χ1v) is 12.2. The molecule has 0 saturated carbocycles. The number of carbonyl (C=O) groups is 3. The second kappa shape index (κ2) is 17.5. The van der Waals surface area contributed by atoms with Crippen LogP contribution < -0.4 is 16.0 Å². The molecule has 9 nitrogen and oxygen atoms in total. The van der Waals surface area contributed by atoms with Crippen molar-refractivity contribution in [1.82, 2.24) is 25.8 Å². The fourth-order valence-corrected chi connectivity index (χ4v) is 3.89. The molecule has 0 aromatic heterocycles. The summed E-state index contributed by atoms with van der Waals surface area (Å²) in [6.07, 6.45) is 8.74. The first-order chi connectivity index (χ1) is 16.5. The van der Waals surface area contributed by atoms with Gasteiger partial charge in [0, 0.05) is 12.4 Å². The normalized spacial score (nSPS) is 17.5. The van der Waals surface area contributed by atoms with Crippen LogP contribution in [0.1, 0.15) is 38.7 Å². The monoisotopic (exact) mass is 491 g/mol. The van der Waals surface area contributed by atoms with Gasteiger partial charge in [-0.25, -0.2) is 4.79 Å². The minimum absolute atomic E-state index is 0.00662. The topological polar surface area (TPSA) is 103 Å². The maximum atomic E-state index is 10.3. The molecule has 10 heteroatoms. The van der Waals surface area contributed by atoms with E-state index in [1.165, 1.54) is 45.0 Å². The third-order valence-corrected chi connectivity index (χ3v) is 5.53. The van der Waals surface area contributed by atoms with E-state index in [9.17, 15) is 14.4 Å². The molecule has 1 unspecified atom stereocenters. The van der Waals surface area contributed by atoms with Gasteiger partial charge in [-0.3, -0.25) is 4.79 Å². The van der Waals surface area contributed by atoms with Crippen molar-refractivity contribution in [3.05, 3.63) is 53.3 Å². The number of alkyl carbamates (subject to hydrolysis) is 1. The van der Waals surface area contributed by atoms with Crippen LogP contribution in [0.4, 0.5) is 4.79 Å². The minimum atomic E-state index is -0.586. The average Bonchev–Trinajstić information content (AvgIpc) is 3.56. The molecule has 3 heterocycles. The van der Waals surface area contributed by atoms with Crippen LogP contribution in [-0.4, -0.2) is 67.9 Å². The minimum Gasteiger partial charge on any atom is -0.453 e. The van der Waals surface area contributed by atoms with Crippen molar-refractivity contribution >= 4 is 36.2 Å². The third kappa shape index (κ3) is 11.2. The fourth-order valence-electron chi connectivity index (χ4n) is 2.92. The summed E-state index contributed by atoms with van der Waals surface area (Å²) >= 11 is 1.59. The maximum Gasteiger partial charge on any atom is 0.407 e. The Morgan fingerprint density at radius 3 is 2.29 bits per heavy atom. The lowest BCUT2D eigenvalue weighted by Gasteiger charge is -2.13. The van der Waals surface area contributed by atoms with Crippen LogP contribution >= 0.6 is 11.8 Å². The molecule has 1 aromatic carbocycles. The smallest absolute Gasteiger partial charge is 0.407 e. The Morgan fingerprint density at radius 2 is 1.82 bits per heavy atom. The maximum absolute atomic E-state index is 10.3. The van der Waals surface area contributed by atoms with E-state index >= 15 is 0 Å². The third-order valence-electron chi connectivity index (χ3n) is 4.46. The molecule has 4 rings (SSSR count). The van der Waals surface area contributed by atoms with E-state index in [-0.39, 0.29) is 12.0 Å². The molecule has 3 N–H and O–H groups in total. The van der Waals surface area contributed by atoms with E-state index < -0.39 is 6.09 Å². The number of hydrogen-bond acceptors (Lipinski definition) is 8. The quantitative estimate of drug-likeness (QED) is 0.540. The molecule has 188 valence electrons. The Balaban J connectivity index is 0.000000283. The molecular weight excluding hydrogens is 454 g/mol. The van der Waals surface area contributed by atoms with Gasteiger partial charge >= 0.3 is 6.09 Å². The number of thioether (sulfide) groups is 1. The van der Waals surface area contributed by atoms with Crippen LogP contribution in [0.3, 0.4) is 0 Å². The second-order valence-corrected chi connectivity index (χ2v) is 8.60. The molecule has 1 aromatic rings. The van der Waals surface area contributed by atoms with Crippen LogP contribution in [0.2, 0.25) is 0 Å². The molecule has 3 aliphatic heterocycles. The molecule has 1 atom stereocenters. The Hall–Kier alpha value is -2.98. The van der Waals surface area contributed by atoms with Gasteiger partial charge in [-0.1, -0.05) is 62.4 Å². The van der Waals surface area contributed by atoms with E-state index in [4.69, 9.17) is 0 Å². The van der Waals surface area contributed by atoms with Gasteiger partial charge in [0.1, 0.15) is 6.29 Å². The van der Waals surface area contributed by atoms with Crippen molar-refractivity contribution in [3.8, 4) is 0 Å². The van der Waals surface area contributed by atoms with Gasteiger partial charge in [-0.15, -0.1) is 0 Å². The van der Waals surface area contributed by atoms with Crippen LogP contribution in [0.5, 0.6) is 0 Å². The van der Waals surface area contributed by atoms with Gasteiger partial charge in [0.2, 0.25) is 6.41 Å². The molecule has 1 saturated heterocycles. The molecular formula is C24H37N5O4S. The van der Waals surface area contributed by atoms with E-state index in [2.05, 4.69) is 63.5 Å². The van der Waals surface area contributed by atoms with Crippen LogP contribution in [-0.2, 0) is 14.3 Å². The highest BCUT2D eigenvalue weighted by molar-refractivity contribution is 8.03. The highest BCUT2D eigenvalue weighted by Gasteiger charge is 2.30. The number of methoxy groups -OCH3 is 1. The molecule has 0 aliphatic carbocycles. The average molecular weight is 492 g/mol. The lowest BCUT2D eigenvalue weighted by Crippen LogP contribution is -2.26. The van der Waals surface area contributed by atoms with Gasteiger partial charge in [0.25, 0.3) is 0 Å². The first-order valence-electron chi connectivity index (χ1n) is 11.3. The van der Waals surface area contributed by atoms with E-state index in [0.717, 1.165) is 10.7 Å². The largest absolute Gasteiger partial charge is 0.453 e. The Bertz CT molecular complexity index is 798. The SMILES string of the molecule is CCC.CN1CCCC1.COC(=O)NCC=O.O=CNC1=CN2C=C(c3ccccc3)NC2S1. The molecule has 0 radical (unpaired) electrons. The Morgan fingerprint density at radius 1 is 1.18 bits per heavy atom. The van der Waals surface area contributed by atoms with Gasteiger partial charge in [0.15, 0.2) is 5.50 Å². The summed E-state index contributed by atoms with van der Waals surface area (Å²) in [7, 11) is 3.41. The van der Waals surface area contributed by atoms with Crippen molar-refractivity contribution in [2.75, 3.05) is 33.8 Å². The van der Waals surface area contributed by atoms with E-state index in [1.807, 2.05) is 30.6 Å². The number of nitrogens with one attached hydrogen (secondary N) is 3. The van der Waals surface area contributed by atoms with Gasteiger partial charge in [-0.2, -0.15) is 0 Å². The summed E-state index contributed by atoms with van der Waals surface area (Å²) < 4.78 is 4.14. The van der Waals surface area contributed by atoms with Crippen molar-refractivity contribution in [1.29, 1.82) is 0 Å². The summed E-state index contributed by atoms with van der Waals surface area (Å²) in [6, 6.07) is 10.2. The number of hydrogen-bond donors (Lipinski definition) is 3. The number of fused-ring (bicyclic) bond motifs is 1. The molecule has 0 bridgehead atoms. The van der Waals surface area contributed by atoms with Crippen molar-refractivity contribution in [3.63, 3.8) is 0 Å². The standard InChI is InChI=1S/C12H11N3OS.C5H11N.C4H7NO3.C3H8/c16-8-13-11-7-15-6-10(14-12(15)17-11)9-4-2-1-3-5-9;1-6-4-2-3-5-6;1-8-4(7)5-2-3-6;1-3-2/h1-8,12,14H,(H,13,16);2-5H2,1H3;3H,2H2,1H3,(H,5,7);3H2,1-2H3. The predicted molar refractivity (Wildman–Crippen MR) is 137 cm³/mol. The van der Waals surface area contributed by atoms with E-state index in [0.29, 0.717) is 12.7 Å². The number of ether oxygens (including phenoxy) is 1. The Kier molecular flexibility index (Phi) is 14.9. The lowest BCUT2D eigenvalue weighted by molar-refractivity contribution is -0.109. The number of likely N-dealkylation sites (tertiary alicyclic amines) is 1. The van der Waals surface area contributed by atoms with Crippen LogP contribution in [0.25, 0.3) is 5.70 Å². The number of rotatable bonds is 5. The molecule has 0 spiro atoms. The predicted octanol–water partition coefficient (Wildman–Crippen LogP) is 3.14. The van der Waals surface area contributed by atoms with Crippen molar-refractivity contribution < 1.29 is 19.1 Å². The highest BCUT2D eigenvalue weighted by atomic mass is 32.2. The van der Waals surface area contributed by atoms with Gasteiger partial charge in [0.05, 0.1) is 24.4 Å². The van der Waals surface area contributed by atoms with Gasteiger partial charge < -0.3 is 35.3 Å². The van der Waals surface area contributed by atoms with Crippen LogP contribution in [0.15, 0.2) is 47.8 Å². The van der Waals surface area contributed by atoms with E-state index in [1.54, 1.807) is 11.8 Å². The zero-order valence-corrected chi connectivity index (χ0v) is 21.3. The first kappa shape index (κ1) is 29.1. The summed E-state index contributed by atoms with van der Waals surface area (Å²) in [5, 5.41) is 9.07. The second-order valence-electron chi connectivity index (χ2n) is 7.48. The summed E-state index contributed by atoms with van der Waals surface area (Å²) in [5.41, 5.74) is 2.41. The molecule has 34 heavy (non-hydrogen) atoms. The molecule has 2 amide bonds. The van der Waals surface area contributed by atoms with Crippen LogP contribution in [0, 0.1) is 0 Å². The van der Waals surface area contributed by atoms with Gasteiger partial charge in [-0.05, 0) is 38.5 Å². The fraction of sp³-hybridized carbons (Fsp3) is 0.458. The number of benzene rings is 1. The summed E-state index contributed by atoms with van der Waals surface area (Å²) in [6.45, 7) is 6.90. The number of carbonyl (C=O) groups excluding carboxylic acids is 3. The number of nitrogens with zero attached hydrogens (tertiary/aromatic N) is 2.